The Hall–Kier alpha value is -1.58. The molecule has 0 N–H and O–H groups in total. The first-order valence-electron chi connectivity index (χ1n) is 3.84. The summed E-state index contributed by atoms with van der Waals surface area (Å²) < 4.78 is 12.4. The van der Waals surface area contributed by atoms with Crippen LogP contribution in [0.2, 0.25) is 0 Å². The fraction of sp³-hybridized carbons (Fsp3) is 0.222. The van der Waals surface area contributed by atoms with E-state index < -0.39 is 6.04 Å². The summed E-state index contributed by atoms with van der Waals surface area (Å²) in [6, 6.07) is 5.12. The van der Waals surface area contributed by atoms with E-state index >= 15 is 0 Å². The summed E-state index contributed by atoms with van der Waals surface area (Å²) in [4.78, 5) is 10.2. The van der Waals surface area contributed by atoms with E-state index in [2.05, 4.69) is 10.2 Å². The molecule has 0 aliphatic rings. The monoisotopic (exact) mass is 180 g/mol. The van der Waals surface area contributed by atoms with Gasteiger partial charge in [-0.2, -0.15) is 10.2 Å². The van der Waals surface area contributed by atoms with Gasteiger partial charge in [0.05, 0.1) is 5.69 Å². The lowest BCUT2D eigenvalue weighted by Gasteiger charge is -1.93. The summed E-state index contributed by atoms with van der Waals surface area (Å²) in [7, 11) is 0. The predicted molar refractivity (Wildman–Crippen MR) is 46.4 cm³/mol. The van der Waals surface area contributed by atoms with Gasteiger partial charge in [-0.25, -0.2) is 4.39 Å². The molecule has 0 fully saturated rings. The summed E-state index contributed by atoms with van der Waals surface area (Å²) in [5.74, 6) is -0.317. The lowest BCUT2D eigenvalue weighted by Crippen LogP contribution is -1.95. The largest absolute Gasteiger partial charge is 0.301 e. The molecule has 1 aromatic rings. The van der Waals surface area contributed by atoms with Crippen LogP contribution >= 0.6 is 0 Å². The van der Waals surface area contributed by atoms with Gasteiger partial charge < -0.3 is 4.79 Å². The minimum atomic E-state index is -0.454. The number of nitrogens with zero attached hydrogens (tertiary/aromatic N) is 2. The molecule has 0 heterocycles. The lowest BCUT2D eigenvalue weighted by atomic mass is 10.3. The Morgan fingerprint density at radius 2 is 2.00 bits per heavy atom. The van der Waals surface area contributed by atoms with Crippen molar-refractivity contribution in [1.82, 2.24) is 0 Å². The van der Waals surface area contributed by atoms with Gasteiger partial charge >= 0.3 is 0 Å². The number of carbonyl (C=O) groups is 1. The third-order valence-corrected chi connectivity index (χ3v) is 1.38. The molecule has 1 rings (SSSR count). The molecule has 0 aliphatic carbocycles. The van der Waals surface area contributed by atoms with E-state index in [1.807, 2.05) is 0 Å². The fourth-order valence-electron chi connectivity index (χ4n) is 0.693. The molecule has 0 saturated carbocycles. The van der Waals surface area contributed by atoms with Gasteiger partial charge in [0, 0.05) is 0 Å². The molecule has 0 bridgehead atoms. The van der Waals surface area contributed by atoms with Crippen molar-refractivity contribution in [3.63, 3.8) is 0 Å². The first-order chi connectivity index (χ1) is 6.22. The van der Waals surface area contributed by atoms with E-state index in [9.17, 15) is 9.18 Å². The van der Waals surface area contributed by atoms with Crippen molar-refractivity contribution in [2.75, 3.05) is 0 Å². The van der Waals surface area contributed by atoms with Crippen molar-refractivity contribution in [2.45, 2.75) is 13.0 Å². The molecule has 1 atom stereocenters. The Labute approximate surface area is 75.3 Å². The molecule has 0 aliphatic heterocycles. The van der Waals surface area contributed by atoms with Gasteiger partial charge in [0.25, 0.3) is 0 Å². The van der Waals surface area contributed by atoms with E-state index in [4.69, 9.17) is 0 Å². The van der Waals surface area contributed by atoms with Crippen LogP contribution in [0.25, 0.3) is 0 Å². The topological polar surface area (TPSA) is 41.8 Å². The highest BCUT2D eigenvalue weighted by Crippen LogP contribution is 2.12. The molecule has 13 heavy (non-hydrogen) atoms. The van der Waals surface area contributed by atoms with Crippen LogP contribution in [0.4, 0.5) is 10.1 Å². The van der Waals surface area contributed by atoms with Crippen LogP contribution in [0.5, 0.6) is 0 Å². The average molecular weight is 180 g/mol. The molecular weight excluding hydrogens is 171 g/mol. The molecule has 3 nitrogen and oxygen atoms in total. The normalized spacial score (nSPS) is 13.1. The molecule has 0 spiro atoms. The molecule has 0 aromatic heterocycles. The van der Waals surface area contributed by atoms with Crippen molar-refractivity contribution in [3.8, 4) is 0 Å². The summed E-state index contributed by atoms with van der Waals surface area (Å²) in [5.41, 5.74) is 0.537. The van der Waals surface area contributed by atoms with Gasteiger partial charge in [-0.1, -0.05) is 0 Å². The van der Waals surface area contributed by atoms with Crippen molar-refractivity contribution in [3.05, 3.63) is 30.1 Å². The van der Waals surface area contributed by atoms with E-state index in [1.54, 1.807) is 6.92 Å². The van der Waals surface area contributed by atoms with Gasteiger partial charge in [0.15, 0.2) is 0 Å². The maximum atomic E-state index is 12.4. The van der Waals surface area contributed by atoms with Crippen LogP contribution < -0.4 is 0 Å². The number of carbonyl (C=O) groups excluding carboxylic acids is 1. The summed E-state index contributed by atoms with van der Waals surface area (Å²) >= 11 is 0. The summed E-state index contributed by atoms with van der Waals surface area (Å²) in [6.07, 6.45) is 0.688. The first kappa shape index (κ1) is 9.51. The standard InChI is InChI=1S/C9H9FN2O/c1-7(6-13)11-12-9-4-2-8(10)3-5-9/h2-7H,1H3. The minimum absolute atomic E-state index is 0.317. The smallest absolute Gasteiger partial charge is 0.146 e. The SMILES string of the molecule is CC(C=O)N=Nc1ccc(F)cc1. The fourth-order valence-corrected chi connectivity index (χ4v) is 0.693. The highest BCUT2D eigenvalue weighted by atomic mass is 19.1. The molecule has 4 heteroatoms. The molecule has 0 amide bonds. The number of hydrogen-bond donors (Lipinski definition) is 0. The van der Waals surface area contributed by atoms with Crippen molar-refractivity contribution in [2.24, 2.45) is 10.2 Å². The number of aldehydes is 1. The number of rotatable bonds is 3. The maximum Gasteiger partial charge on any atom is 0.146 e. The molecule has 1 aromatic carbocycles. The van der Waals surface area contributed by atoms with Crippen LogP contribution in [0, 0.1) is 5.82 Å². The predicted octanol–water partition coefficient (Wildman–Crippen LogP) is 2.50. The number of halogens is 1. The second kappa shape index (κ2) is 4.45. The van der Waals surface area contributed by atoms with Crippen LogP contribution in [0.1, 0.15) is 6.92 Å². The Kier molecular flexibility index (Phi) is 3.25. The van der Waals surface area contributed by atoms with Gasteiger partial charge in [0.1, 0.15) is 18.1 Å². The molecule has 1 unspecified atom stereocenters. The lowest BCUT2D eigenvalue weighted by molar-refractivity contribution is -0.108. The van der Waals surface area contributed by atoms with E-state index in [0.717, 1.165) is 0 Å². The first-order valence-corrected chi connectivity index (χ1v) is 3.84. The highest BCUT2D eigenvalue weighted by Gasteiger charge is 1.94. The zero-order chi connectivity index (χ0) is 9.68. The molecule has 0 radical (unpaired) electrons. The van der Waals surface area contributed by atoms with E-state index in [0.29, 0.717) is 12.0 Å². The molecule has 68 valence electrons. The third kappa shape index (κ3) is 3.11. The maximum absolute atomic E-state index is 12.4. The Morgan fingerprint density at radius 1 is 1.38 bits per heavy atom. The van der Waals surface area contributed by atoms with Gasteiger partial charge in [0.2, 0.25) is 0 Å². The minimum Gasteiger partial charge on any atom is -0.301 e. The second-order valence-electron chi connectivity index (χ2n) is 2.57. The highest BCUT2D eigenvalue weighted by molar-refractivity contribution is 5.56. The van der Waals surface area contributed by atoms with Crippen LogP contribution in [-0.2, 0) is 4.79 Å². The molecular formula is C9H9FN2O. The Balaban J connectivity index is 2.69. The molecule has 0 saturated heterocycles. The van der Waals surface area contributed by atoms with Crippen LogP contribution in [0.3, 0.4) is 0 Å². The zero-order valence-electron chi connectivity index (χ0n) is 7.14. The van der Waals surface area contributed by atoms with Crippen LogP contribution in [-0.4, -0.2) is 12.3 Å². The number of hydrogen-bond acceptors (Lipinski definition) is 3. The van der Waals surface area contributed by atoms with Crippen molar-refractivity contribution >= 4 is 12.0 Å². The Bertz CT molecular complexity index is 308. The number of azo groups is 1. The van der Waals surface area contributed by atoms with Gasteiger partial charge in [-0.15, -0.1) is 0 Å². The Morgan fingerprint density at radius 3 is 2.54 bits per heavy atom. The van der Waals surface area contributed by atoms with Crippen molar-refractivity contribution < 1.29 is 9.18 Å². The number of benzene rings is 1. The van der Waals surface area contributed by atoms with Gasteiger partial charge in [-0.3, -0.25) is 0 Å². The average Bonchev–Trinajstić information content (AvgIpc) is 2.16. The van der Waals surface area contributed by atoms with Crippen molar-refractivity contribution in [1.29, 1.82) is 0 Å². The second-order valence-corrected chi connectivity index (χ2v) is 2.57. The third-order valence-electron chi connectivity index (χ3n) is 1.38. The quantitative estimate of drug-likeness (QED) is 0.520. The summed E-state index contributed by atoms with van der Waals surface area (Å²) in [5, 5.41) is 7.42. The van der Waals surface area contributed by atoms with Crippen LogP contribution in [0.15, 0.2) is 34.5 Å². The summed E-state index contributed by atoms with van der Waals surface area (Å²) in [6.45, 7) is 1.63. The zero-order valence-corrected chi connectivity index (χ0v) is 7.14. The van der Waals surface area contributed by atoms with E-state index in [-0.39, 0.29) is 5.82 Å². The van der Waals surface area contributed by atoms with E-state index in [1.165, 1.54) is 24.3 Å². The van der Waals surface area contributed by atoms with Gasteiger partial charge in [-0.05, 0) is 31.2 Å².